The van der Waals surface area contributed by atoms with Gasteiger partial charge in [-0.05, 0) is 31.6 Å². The third-order valence-corrected chi connectivity index (χ3v) is 6.16. The molecule has 0 spiro atoms. The lowest BCUT2D eigenvalue weighted by Gasteiger charge is -2.41. The van der Waals surface area contributed by atoms with Crippen LogP contribution in [0, 0.1) is 11.8 Å². The molecule has 2 heteroatoms. The summed E-state index contributed by atoms with van der Waals surface area (Å²) >= 11 is 0. The number of rotatable bonds is 11. The van der Waals surface area contributed by atoms with E-state index in [9.17, 15) is 0 Å². The van der Waals surface area contributed by atoms with Crippen molar-refractivity contribution in [2.75, 3.05) is 13.1 Å². The fraction of sp³-hybridized carbons (Fsp3) is 1.00. The zero-order valence-corrected chi connectivity index (χ0v) is 14.7. The molecule has 1 saturated carbocycles. The minimum Gasteiger partial charge on any atom is -0.327 e. The predicted molar refractivity (Wildman–Crippen MR) is 92.5 cm³/mol. The molecule has 2 aliphatic rings. The quantitative estimate of drug-likeness (QED) is 0.565. The van der Waals surface area contributed by atoms with Crippen molar-refractivity contribution in [1.29, 1.82) is 0 Å². The highest BCUT2D eigenvalue weighted by Crippen LogP contribution is 2.47. The van der Waals surface area contributed by atoms with E-state index in [1.54, 1.807) is 0 Å². The second-order valence-electron chi connectivity index (χ2n) is 7.93. The zero-order chi connectivity index (χ0) is 15.3. The predicted octanol–water partition coefficient (Wildman–Crippen LogP) is 4.57. The highest BCUT2D eigenvalue weighted by Gasteiger charge is 2.56. The molecule has 21 heavy (non-hydrogen) atoms. The molecule has 0 radical (unpaired) electrons. The van der Waals surface area contributed by atoms with Gasteiger partial charge in [-0.2, -0.15) is 0 Å². The third kappa shape index (κ3) is 4.45. The Hall–Kier alpha value is -0.0800. The highest BCUT2D eigenvalue weighted by atomic mass is 15.3. The number of likely N-dealkylation sites (tertiary alicyclic amines) is 1. The standard InChI is InChI=1S/C19H38N2/c1-4-6-8-9-11-13-19(3,12-10-7-5-2)21-14-16-17(15-21)18(16)20/h16-18H,4-15,20H2,1-3H3. The molecule has 3 unspecified atom stereocenters. The van der Waals surface area contributed by atoms with Crippen LogP contribution in [-0.2, 0) is 0 Å². The van der Waals surface area contributed by atoms with Gasteiger partial charge in [0.2, 0.25) is 0 Å². The van der Waals surface area contributed by atoms with Gasteiger partial charge in [0.05, 0.1) is 0 Å². The Balaban J connectivity index is 1.79. The molecule has 2 N–H and O–H groups in total. The molecule has 124 valence electrons. The summed E-state index contributed by atoms with van der Waals surface area (Å²) in [5.74, 6) is 1.66. The van der Waals surface area contributed by atoms with Crippen LogP contribution in [0.4, 0.5) is 0 Å². The van der Waals surface area contributed by atoms with Gasteiger partial charge in [0.1, 0.15) is 0 Å². The van der Waals surface area contributed by atoms with E-state index in [0.29, 0.717) is 11.6 Å². The number of hydrogen-bond donors (Lipinski definition) is 1. The summed E-state index contributed by atoms with van der Waals surface area (Å²) in [5, 5.41) is 0. The SMILES string of the molecule is CCCCCCCC(C)(CCCCC)N1CC2C(N)C2C1. The van der Waals surface area contributed by atoms with Gasteiger partial charge in [0, 0.05) is 24.7 Å². The van der Waals surface area contributed by atoms with Crippen LogP contribution < -0.4 is 5.73 Å². The van der Waals surface area contributed by atoms with Gasteiger partial charge in [-0.3, -0.25) is 4.90 Å². The van der Waals surface area contributed by atoms with Crippen molar-refractivity contribution in [2.24, 2.45) is 17.6 Å². The normalized spacial score (nSPS) is 31.1. The van der Waals surface area contributed by atoms with Gasteiger partial charge in [-0.1, -0.05) is 65.2 Å². The molecule has 2 rings (SSSR count). The number of nitrogens with zero attached hydrogens (tertiary/aromatic N) is 1. The second-order valence-corrected chi connectivity index (χ2v) is 7.93. The van der Waals surface area contributed by atoms with Crippen LogP contribution in [0.1, 0.15) is 85.0 Å². The maximum Gasteiger partial charge on any atom is 0.0181 e. The van der Waals surface area contributed by atoms with E-state index in [1.165, 1.54) is 77.3 Å². The van der Waals surface area contributed by atoms with Crippen molar-refractivity contribution in [3.8, 4) is 0 Å². The first-order valence-corrected chi connectivity index (χ1v) is 9.63. The lowest BCUT2D eigenvalue weighted by molar-refractivity contribution is 0.0919. The lowest BCUT2D eigenvalue weighted by atomic mass is 9.86. The fourth-order valence-electron chi connectivity index (χ4n) is 4.32. The molecule has 1 heterocycles. The summed E-state index contributed by atoms with van der Waals surface area (Å²) < 4.78 is 0. The minimum absolute atomic E-state index is 0.453. The maximum atomic E-state index is 6.13. The Morgan fingerprint density at radius 2 is 1.33 bits per heavy atom. The minimum atomic E-state index is 0.453. The first-order chi connectivity index (χ1) is 10.1. The second kappa shape index (κ2) is 7.97. The van der Waals surface area contributed by atoms with Gasteiger partial charge < -0.3 is 5.73 Å². The van der Waals surface area contributed by atoms with E-state index in [4.69, 9.17) is 5.73 Å². The largest absolute Gasteiger partial charge is 0.327 e. The topological polar surface area (TPSA) is 29.3 Å². The molecule has 1 saturated heterocycles. The monoisotopic (exact) mass is 294 g/mol. The molecule has 0 amide bonds. The molecule has 3 atom stereocenters. The van der Waals surface area contributed by atoms with Crippen molar-refractivity contribution in [3.05, 3.63) is 0 Å². The first kappa shape index (κ1) is 17.3. The average Bonchev–Trinajstić information content (AvgIpc) is 2.91. The molecule has 0 aromatic heterocycles. The summed E-state index contributed by atoms with van der Waals surface area (Å²) in [6.45, 7) is 9.71. The Morgan fingerprint density at radius 3 is 1.90 bits per heavy atom. The average molecular weight is 295 g/mol. The molecular weight excluding hydrogens is 256 g/mol. The van der Waals surface area contributed by atoms with Gasteiger partial charge in [0.25, 0.3) is 0 Å². The molecule has 1 aliphatic heterocycles. The smallest absolute Gasteiger partial charge is 0.0181 e. The van der Waals surface area contributed by atoms with Crippen LogP contribution in [0.5, 0.6) is 0 Å². The van der Waals surface area contributed by atoms with E-state index < -0.39 is 0 Å². The number of nitrogens with two attached hydrogens (primary N) is 1. The summed E-state index contributed by atoms with van der Waals surface area (Å²) in [4.78, 5) is 2.81. The van der Waals surface area contributed by atoms with Crippen molar-refractivity contribution in [3.63, 3.8) is 0 Å². The van der Waals surface area contributed by atoms with Crippen LogP contribution in [-0.4, -0.2) is 29.6 Å². The fourth-order valence-corrected chi connectivity index (χ4v) is 4.32. The van der Waals surface area contributed by atoms with E-state index in [0.717, 1.165) is 11.8 Å². The Morgan fingerprint density at radius 1 is 0.857 bits per heavy atom. The molecule has 0 aromatic carbocycles. The zero-order valence-electron chi connectivity index (χ0n) is 14.7. The molecular formula is C19H38N2. The van der Waals surface area contributed by atoms with Gasteiger partial charge >= 0.3 is 0 Å². The Labute approximate surface area is 132 Å². The molecule has 1 aliphatic carbocycles. The summed E-state index contributed by atoms with van der Waals surface area (Å²) in [5.41, 5.74) is 6.58. The van der Waals surface area contributed by atoms with Gasteiger partial charge in [-0.25, -0.2) is 0 Å². The van der Waals surface area contributed by atoms with Crippen LogP contribution in [0.3, 0.4) is 0 Å². The summed E-state index contributed by atoms with van der Waals surface area (Å²) in [7, 11) is 0. The maximum absolute atomic E-state index is 6.13. The van der Waals surface area contributed by atoms with Crippen molar-refractivity contribution < 1.29 is 0 Å². The lowest BCUT2D eigenvalue weighted by Crippen LogP contribution is -2.47. The first-order valence-electron chi connectivity index (χ1n) is 9.63. The molecule has 2 fully saturated rings. The van der Waals surface area contributed by atoms with Crippen LogP contribution >= 0.6 is 0 Å². The number of unbranched alkanes of at least 4 members (excludes halogenated alkanes) is 6. The Bertz CT molecular complexity index is 292. The number of hydrogen-bond acceptors (Lipinski definition) is 2. The van der Waals surface area contributed by atoms with Crippen LogP contribution in [0.2, 0.25) is 0 Å². The van der Waals surface area contributed by atoms with Gasteiger partial charge in [-0.15, -0.1) is 0 Å². The molecule has 2 nitrogen and oxygen atoms in total. The summed E-state index contributed by atoms with van der Waals surface area (Å²) in [6.07, 6.45) is 14.0. The summed E-state index contributed by atoms with van der Waals surface area (Å²) in [6, 6.07) is 0.533. The highest BCUT2D eigenvalue weighted by molar-refractivity contribution is 5.11. The molecule has 0 aromatic rings. The number of piperidine rings is 1. The Kier molecular flexibility index (Phi) is 6.55. The number of fused-ring (bicyclic) bond motifs is 1. The van der Waals surface area contributed by atoms with E-state index >= 15 is 0 Å². The van der Waals surface area contributed by atoms with Crippen molar-refractivity contribution in [2.45, 2.75) is 96.6 Å². The van der Waals surface area contributed by atoms with E-state index in [1.807, 2.05) is 0 Å². The van der Waals surface area contributed by atoms with Crippen LogP contribution in [0.15, 0.2) is 0 Å². The molecule has 0 bridgehead atoms. The van der Waals surface area contributed by atoms with E-state index in [2.05, 4.69) is 25.7 Å². The van der Waals surface area contributed by atoms with E-state index in [-0.39, 0.29) is 0 Å². The van der Waals surface area contributed by atoms with Crippen molar-refractivity contribution >= 4 is 0 Å². The van der Waals surface area contributed by atoms with Crippen LogP contribution in [0.25, 0.3) is 0 Å². The van der Waals surface area contributed by atoms with Gasteiger partial charge in [0.15, 0.2) is 0 Å². The van der Waals surface area contributed by atoms with Crippen molar-refractivity contribution in [1.82, 2.24) is 4.90 Å². The third-order valence-electron chi connectivity index (χ3n) is 6.16.